The Morgan fingerprint density at radius 1 is 1.20 bits per heavy atom. The molecule has 0 N–H and O–H groups in total. The third-order valence-electron chi connectivity index (χ3n) is 1.81. The highest BCUT2D eigenvalue weighted by molar-refractivity contribution is 5.39. The van der Waals surface area contributed by atoms with Gasteiger partial charge in [0.1, 0.15) is 5.75 Å². The number of aryl methyl sites for hydroxylation is 1. The summed E-state index contributed by atoms with van der Waals surface area (Å²) in [6, 6.07) is 3.88. The fourth-order valence-corrected chi connectivity index (χ4v) is 1.22. The summed E-state index contributed by atoms with van der Waals surface area (Å²) in [6.07, 6.45) is -4.63. The van der Waals surface area contributed by atoms with Crippen molar-refractivity contribution < 1.29 is 17.9 Å². The summed E-state index contributed by atoms with van der Waals surface area (Å²) in [7, 11) is 0. The lowest BCUT2D eigenvalue weighted by molar-refractivity contribution is -0.139. The van der Waals surface area contributed by atoms with Crippen LogP contribution in [0.5, 0.6) is 5.75 Å². The Bertz CT molecular complexity index is 342. The molecule has 0 unspecified atom stereocenters. The van der Waals surface area contributed by atoms with Gasteiger partial charge in [-0.1, -0.05) is 6.07 Å². The van der Waals surface area contributed by atoms with Gasteiger partial charge in [-0.05, 0) is 38.5 Å². The minimum atomic E-state index is -4.36. The van der Waals surface area contributed by atoms with Gasteiger partial charge >= 0.3 is 6.18 Å². The number of hydrogen-bond donors (Lipinski definition) is 0. The molecule has 0 heterocycles. The fourth-order valence-electron chi connectivity index (χ4n) is 1.22. The van der Waals surface area contributed by atoms with Crippen LogP contribution in [0.2, 0.25) is 0 Å². The Morgan fingerprint density at radius 3 is 2.27 bits per heavy atom. The Labute approximate surface area is 86.9 Å². The summed E-state index contributed by atoms with van der Waals surface area (Å²) in [5.41, 5.74) is 0.0282. The molecule has 0 amide bonds. The van der Waals surface area contributed by atoms with Crippen LogP contribution in [0.25, 0.3) is 0 Å². The molecule has 0 aromatic heterocycles. The minimum Gasteiger partial charge on any atom is -0.490 e. The molecule has 0 radical (unpaired) electrons. The second-order valence-electron chi connectivity index (χ2n) is 3.66. The molecule has 0 aliphatic carbocycles. The largest absolute Gasteiger partial charge is 0.490 e. The van der Waals surface area contributed by atoms with Gasteiger partial charge in [0.2, 0.25) is 0 Å². The average Bonchev–Trinajstić information content (AvgIpc) is 1.99. The van der Waals surface area contributed by atoms with Gasteiger partial charge in [0, 0.05) is 0 Å². The smallest absolute Gasteiger partial charge is 0.419 e. The molecule has 1 rings (SSSR count). The first-order valence-corrected chi connectivity index (χ1v) is 4.65. The molecule has 0 aliphatic heterocycles. The van der Waals surface area contributed by atoms with Crippen molar-refractivity contribution in [1.29, 1.82) is 0 Å². The van der Waals surface area contributed by atoms with Crippen molar-refractivity contribution in [2.45, 2.75) is 33.1 Å². The van der Waals surface area contributed by atoms with Crippen molar-refractivity contribution in [3.05, 3.63) is 29.3 Å². The fraction of sp³-hybridized carbons (Fsp3) is 0.455. The first kappa shape index (κ1) is 11.9. The van der Waals surface area contributed by atoms with Gasteiger partial charge in [-0.25, -0.2) is 0 Å². The molecule has 84 valence electrons. The van der Waals surface area contributed by atoms with Crippen LogP contribution in [0.15, 0.2) is 18.2 Å². The van der Waals surface area contributed by atoms with E-state index in [0.29, 0.717) is 0 Å². The number of alkyl halides is 3. The van der Waals surface area contributed by atoms with E-state index in [1.54, 1.807) is 20.8 Å². The van der Waals surface area contributed by atoms with Crippen LogP contribution in [0.1, 0.15) is 25.0 Å². The van der Waals surface area contributed by atoms with E-state index in [0.717, 1.165) is 11.6 Å². The van der Waals surface area contributed by atoms with Gasteiger partial charge in [-0.15, -0.1) is 0 Å². The molecule has 4 heteroatoms. The average molecular weight is 218 g/mol. The summed E-state index contributed by atoms with van der Waals surface area (Å²) in [5, 5.41) is 0. The molecule has 15 heavy (non-hydrogen) atoms. The molecule has 0 fully saturated rings. The summed E-state index contributed by atoms with van der Waals surface area (Å²) < 4.78 is 42.8. The molecule has 1 nitrogen and oxygen atoms in total. The van der Waals surface area contributed by atoms with Gasteiger partial charge in [0.15, 0.2) is 0 Å². The zero-order valence-corrected chi connectivity index (χ0v) is 8.85. The maximum Gasteiger partial charge on any atom is 0.419 e. The first-order chi connectivity index (χ1) is 6.80. The summed E-state index contributed by atoms with van der Waals surface area (Å²) in [4.78, 5) is 0. The van der Waals surface area contributed by atoms with Crippen LogP contribution in [0.4, 0.5) is 13.2 Å². The van der Waals surface area contributed by atoms with Gasteiger partial charge in [0.25, 0.3) is 0 Å². The molecule has 0 atom stereocenters. The van der Waals surface area contributed by atoms with Crippen molar-refractivity contribution in [2.24, 2.45) is 0 Å². The van der Waals surface area contributed by atoms with Crippen LogP contribution < -0.4 is 4.74 Å². The van der Waals surface area contributed by atoms with Gasteiger partial charge in [-0.2, -0.15) is 13.2 Å². The summed E-state index contributed by atoms with van der Waals surface area (Å²) in [6.45, 7) is 5.12. The molecular formula is C11H13F3O. The number of rotatable bonds is 2. The highest BCUT2D eigenvalue weighted by Crippen LogP contribution is 2.36. The van der Waals surface area contributed by atoms with E-state index in [2.05, 4.69) is 0 Å². The highest BCUT2D eigenvalue weighted by Gasteiger charge is 2.34. The second-order valence-corrected chi connectivity index (χ2v) is 3.66. The van der Waals surface area contributed by atoms with E-state index in [1.807, 2.05) is 0 Å². The Kier molecular flexibility index (Phi) is 3.27. The third-order valence-corrected chi connectivity index (χ3v) is 1.81. The zero-order valence-electron chi connectivity index (χ0n) is 8.85. The highest BCUT2D eigenvalue weighted by atomic mass is 19.4. The van der Waals surface area contributed by atoms with Crippen molar-refractivity contribution in [2.75, 3.05) is 0 Å². The molecule has 1 aromatic carbocycles. The third kappa shape index (κ3) is 3.15. The predicted molar refractivity (Wildman–Crippen MR) is 51.9 cm³/mol. The van der Waals surface area contributed by atoms with Crippen LogP contribution in [-0.4, -0.2) is 6.10 Å². The van der Waals surface area contributed by atoms with Crippen molar-refractivity contribution >= 4 is 0 Å². The molecule has 0 spiro atoms. The summed E-state index contributed by atoms with van der Waals surface area (Å²) in [5.74, 6) is -0.0995. The van der Waals surface area contributed by atoms with Crippen molar-refractivity contribution in [3.8, 4) is 5.75 Å². The van der Waals surface area contributed by atoms with E-state index >= 15 is 0 Å². The molecule has 1 aromatic rings. The van der Waals surface area contributed by atoms with E-state index in [9.17, 15) is 13.2 Å². The maximum absolute atomic E-state index is 12.6. The lowest BCUT2D eigenvalue weighted by Gasteiger charge is -2.16. The molecule has 0 bridgehead atoms. The topological polar surface area (TPSA) is 9.23 Å². The minimum absolute atomic E-state index is 0.0995. The van der Waals surface area contributed by atoms with E-state index in [1.165, 1.54) is 12.1 Å². The van der Waals surface area contributed by atoms with Crippen LogP contribution in [-0.2, 0) is 6.18 Å². The summed E-state index contributed by atoms with van der Waals surface area (Å²) >= 11 is 0. The maximum atomic E-state index is 12.6. The van der Waals surface area contributed by atoms with Crippen molar-refractivity contribution in [1.82, 2.24) is 0 Å². The quantitative estimate of drug-likeness (QED) is 0.733. The van der Waals surface area contributed by atoms with Gasteiger partial charge < -0.3 is 4.74 Å². The van der Waals surface area contributed by atoms with Crippen LogP contribution in [0.3, 0.4) is 0 Å². The molecule has 0 aliphatic rings. The standard InChI is InChI=1S/C11H13F3O/c1-7(2)15-10-6-8(3)4-5-9(10)11(12,13)14/h4-7H,1-3H3. The monoisotopic (exact) mass is 218 g/mol. The van der Waals surface area contributed by atoms with Crippen LogP contribution >= 0.6 is 0 Å². The molecular weight excluding hydrogens is 205 g/mol. The van der Waals surface area contributed by atoms with E-state index < -0.39 is 11.7 Å². The normalized spacial score (nSPS) is 11.9. The first-order valence-electron chi connectivity index (χ1n) is 4.65. The SMILES string of the molecule is Cc1ccc(C(F)(F)F)c(OC(C)C)c1. The number of ether oxygens (including phenoxy) is 1. The predicted octanol–water partition coefficient (Wildman–Crippen LogP) is 3.80. The second kappa shape index (κ2) is 4.13. The number of benzene rings is 1. The molecule has 0 saturated heterocycles. The van der Waals surface area contributed by atoms with E-state index in [4.69, 9.17) is 4.74 Å². The van der Waals surface area contributed by atoms with Crippen molar-refractivity contribution in [3.63, 3.8) is 0 Å². The van der Waals surface area contributed by atoms with Gasteiger partial charge in [-0.3, -0.25) is 0 Å². The van der Waals surface area contributed by atoms with Gasteiger partial charge in [0.05, 0.1) is 11.7 Å². The Morgan fingerprint density at radius 2 is 1.80 bits per heavy atom. The lowest BCUT2D eigenvalue weighted by Crippen LogP contribution is -2.12. The Hall–Kier alpha value is -1.19. The zero-order chi connectivity index (χ0) is 11.6. The Balaban J connectivity index is 3.15. The lowest BCUT2D eigenvalue weighted by atomic mass is 10.1. The van der Waals surface area contributed by atoms with E-state index in [-0.39, 0.29) is 11.9 Å². The van der Waals surface area contributed by atoms with Crippen LogP contribution in [0, 0.1) is 6.92 Å². The number of halogens is 3. The molecule has 0 saturated carbocycles. The number of hydrogen-bond acceptors (Lipinski definition) is 1.